The van der Waals surface area contributed by atoms with E-state index in [1.807, 2.05) is 19.1 Å². The molecule has 0 saturated carbocycles. The van der Waals surface area contributed by atoms with Crippen molar-refractivity contribution in [2.45, 2.75) is 52.0 Å². The number of amides is 3. The minimum atomic E-state index is -0.763. The van der Waals surface area contributed by atoms with Crippen molar-refractivity contribution < 1.29 is 23.9 Å². The molecular formula is C23H38N4O5. The van der Waals surface area contributed by atoms with E-state index in [0.717, 1.165) is 25.1 Å². The number of rotatable bonds is 18. The minimum Gasteiger partial charge on any atom is -0.385 e. The number of ether oxygens (including phenoxy) is 2. The minimum absolute atomic E-state index is 0.146. The summed E-state index contributed by atoms with van der Waals surface area (Å²) in [7, 11) is 0. The molecule has 0 aliphatic rings. The van der Waals surface area contributed by atoms with Crippen LogP contribution in [0.5, 0.6) is 0 Å². The molecule has 5 N–H and O–H groups in total. The third kappa shape index (κ3) is 12.3. The Balaban J connectivity index is 2.23. The molecule has 0 spiro atoms. The fraction of sp³-hybridized carbons (Fsp3) is 0.609. The maximum absolute atomic E-state index is 12.2. The Morgan fingerprint density at radius 1 is 0.938 bits per heavy atom. The standard InChI is InChI=1S/C23H38N4O5/c1-3-12-25-19-10-8-18(9-11-19)23(30)26-13-6-5-7-20(22(24)29)27-21(28)17-32-16-15-31-14-4-2/h8-11,20,25H,3-7,12-17H2,1-2H3,(H2,24,29)(H,26,30)(H,27,28). The van der Waals surface area contributed by atoms with E-state index in [0.29, 0.717) is 51.2 Å². The molecule has 1 unspecified atom stereocenters. The first-order valence-corrected chi connectivity index (χ1v) is 11.3. The molecule has 180 valence electrons. The fourth-order valence-electron chi connectivity index (χ4n) is 2.84. The third-order valence-electron chi connectivity index (χ3n) is 4.56. The molecule has 0 saturated heterocycles. The predicted octanol–water partition coefficient (Wildman–Crippen LogP) is 1.82. The molecule has 3 amide bonds. The summed E-state index contributed by atoms with van der Waals surface area (Å²) < 4.78 is 10.5. The number of primary amides is 1. The lowest BCUT2D eigenvalue weighted by Crippen LogP contribution is -2.45. The van der Waals surface area contributed by atoms with Gasteiger partial charge in [-0.05, 0) is 56.4 Å². The number of carbonyl (C=O) groups excluding carboxylic acids is 3. The summed E-state index contributed by atoms with van der Waals surface area (Å²) in [5, 5.41) is 8.71. The number of nitrogens with one attached hydrogen (secondary N) is 3. The molecule has 0 bridgehead atoms. The van der Waals surface area contributed by atoms with Crippen LogP contribution in [-0.4, -0.2) is 63.3 Å². The fourth-order valence-corrected chi connectivity index (χ4v) is 2.84. The van der Waals surface area contributed by atoms with Gasteiger partial charge >= 0.3 is 0 Å². The Kier molecular flexibility index (Phi) is 14.5. The van der Waals surface area contributed by atoms with Gasteiger partial charge in [-0.3, -0.25) is 14.4 Å². The van der Waals surface area contributed by atoms with Gasteiger partial charge in [0.2, 0.25) is 11.8 Å². The van der Waals surface area contributed by atoms with Gasteiger partial charge in [-0.2, -0.15) is 0 Å². The van der Waals surface area contributed by atoms with Gasteiger partial charge in [0.25, 0.3) is 5.91 Å². The molecule has 1 rings (SSSR count). The highest BCUT2D eigenvalue weighted by Crippen LogP contribution is 2.09. The lowest BCUT2D eigenvalue weighted by atomic mass is 10.1. The van der Waals surface area contributed by atoms with Gasteiger partial charge in [0.15, 0.2) is 0 Å². The average Bonchev–Trinajstić information content (AvgIpc) is 2.79. The number of unbranched alkanes of at least 4 members (excludes halogenated alkanes) is 1. The monoisotopic (exact) mass is 450 g/mol. The van der Waals surface area contributed by atoms with Gasteiger partial charge < -0.3 is 31.2 Å². The summed E-state index contributed by atoms with van der Waals surface area (Å²) in [5.41, 5.74) is 6.96. The summed E-state index contributed by atoms with van der Waals surface area (Å²) in [6.45, 7) is 6.70. The summed E-state index contributed by atoms with van der Waals surface area (Å²) in [4.78, 5) is 35.7. The van der Waals surface area contributed by atoms with E-state index in [1.54, 1.807) is 12.1 Å². The van der Waals surface area contributed by atoms with Gasteiger partial charge in [-0.25, -0.2) is 0 Å². The van der Waals surface area contributed by atoms with Crippen molar-refractivity contribution in [3.8, 4) is 0 Å². The Hall–Kier alpha value is -2.65. The second-order valence-electron chi connectivity index (χ2n) is 7.44. The lowest BCUT2D eigenvalue weighted by Gasteiger charge is -2.15. The molecule has 0 fully saturated rings. The number of benzene rings is 1. The molecule has 0 aromatic heterocycles. The predicted molar refractivity (Wildman–Crippen MR) is 124 cm³/mol. The number of nitrogens with two attached hydrogens (primary N) is 1. The van der Waals surface area contributed by atoms with Crippen molar-refractivity contribution in [3.63, 3.8) is 0 Å². The molecule has 0 aliphatic heterocycles. The van der Waals surface area contributed by atoms with Gasteiger partial charge in [0, 0.05) is 30.9 Å². The maximum atomic E-state index is 12.2. The van der Waals surface area contributed by atoms with Crippen molar-refractivity contribution in [1.29, 1.82) is 0 Å². The number of hydrogen-bond acceptors (Lipinski definition) is 6. The SMILES string of the molecule is CCCNc1ccc(C(=O)NCCCCC(NC(=O)COCCOCCC)C(N)=O)cc1. The quantitative estimate of drug-likeness (QED) is 0.252. The van der Waals surface area contributed by atoms with Crippen molar-refractivity contribution in [2.24, 2.45) is 5.73 Å². The largest absolute Gasteiger partial charge is 0.385 e. The zero-order chi connectivity index (χ0) is 23.6. The molecular weight excluding hydrogens is 412 g/mol. The smallest absolute Gasteiger partial charge is 0.251 e. The highest BCUT2D eigenvalue weighted by Gasteiger charge is 2.17. The van der Waals surface area contributed by atoms with Crippen LogP contribution in [0.3, 0.4) is 0 Å². The van der Waals surface area contributed by atoms with Gasteiger partial charge in [0.1, 0.15) is 12.6 Å². The van der Waals surface area contributed by atoms with Gasteiger partial charge in [0.05, 0.1) is 13.2 Å². The second-order valence-corrected chi connectivity index (χ2v) is 7.44. The van der Waals surface area contributed by atoms with Crippen LogP contribution < -0.4 is 21.7 Å². The maximum Gasteiger partial charge on any atom is 0.251 e. The topological polar surface area (TPSA) is 132 Å². The Morgan fingerprint density at radius 2 is 1.66 bits per heavy atom. The van der Waals surface area contributed by atoms with Crippen molar-refractivity contribution in [1.82, 2.24) is 10.6 Å². The van der Waals surface area contributed by atoms with Crippen molar-refractivity contribution in [3.05, 3.63) is 29.8 Å². The van der Waals surface area contributed by atoms with E-state index in [2.05, 4.69) is 22.9 Å². The lowest BCUT2D eigenvalue weighted by molar-refractivity contribution is -0.130. The zero-order valence-electron chi connectivity index (χ0n) is 19.3. The summed E-state index contributed by atoms with van der Waals surface area (Å²) in [6, 6.07) is 6.56. The van der Waals surface area contributed by atoms with E-state index in [1.165, 1.54) is 0 Å². The van der Waals surface area contributed by atoms with Crippen LogP contribution >= 0.6 is 0 Å². The molecule has 0 radical (unpaired) electrons. The summed E-state index contributed by atoms with van der Waals surface area (Å²) >= 11 is 0. The van der Waals surface area contributed by atoms with Crippen LogP contribution in [0.4, 0.5) is 5.69 Å². The summed E-state index contributed by atoms with van der Waals surface area (Å²) in [5.74, 6) is -1.13. The number of anilines is 1. The van der Waals surface area contributed by atoms with Crippen LogP contribution in [-0.2, 0) is 19.1 Å². The molecule has 1 atom stereocenters. The first-order chi connectivity index (χ1) is 15.5. The Morgan fingerprint density at radius 3 is 2.31 bits per heavy atom. The van der Waals surface area contributed by atoms with Crippen LogP contribution in [0.15, 0.2) is 24.3 Å². The normalized spacial score (nSPS) is 11.6. The van der Waals surface area contributed by atoms with Gasteiger partial charge in [-0.1, -0.05) is 13.8 Å². The first kappa shape index (κ1) is 27.4. The molecule has 32 heavy (non-hydrogen) atoms. The average molecular weight is 451 g/mol. The molecule has 9 nitrogen and oxygen atoms in total. The molecule has 0 heterocycles. The van der Waals surface area contributed by atoms with Crippen LogP contribution in [0.25, 0.3) is 0 Å². The second kappa shape index (κ2) is 17.0. The van der Waals surface area contributed by atoms with Crippen LogP contribution in [0, 0.1) is 0 Å². The van der Waals surface area contributed by atoms with Crippen molar-refractivity contribution >= 4 is 23.4 Å². The summed E-state index contributed by atoms with van der Waals surface area (Å²) in [6.07, 6.45) is 3.64. The van der Waals surface area contributed by atoms with E-state index < -0.39 is 17.9 Å². The Labute approximate surface area is 190 Å². The molecule has 1 aromatic carbocycles. The van der Waals surface area contributed by atoms with Crippen molar-refractivity contribution in [2.75, 3.05) is 44.8 Å². The van der Waals surface area contributed by atoms with Crippen LogP contribution in [0.1, 0.15) is 56.3 Å². The molecule has 1 aromatic rings. The number of carbonyl (C=O) groups is 3. The Bertz CT molecular complexity index is 681. The molecule has 0 aliphatic carbocycles. The zero-order valence-corrected chi connectivity index (χ0v) is 19.3. The van der Waals surface area contributed by atoms with E-state index in [-0.39, 0.29) is 12.5 Å². The van der Waals surface area contributed by atoms with Crippen LogP contribution in [0.2, 0.25) is 0 Å². The van der Waals surface area contributed by atoms with E-state index in [9.17, 15) is 14.4 Å². The van der Waals surface area contributed by atoms with Gasteiger partial charge in [-0.15, -0.1) is 0 Å². The first-order valence-electron chi connectivity index (χ1n) is 11.3. The molecule has 9 heteroatoms. The van der Waals surface area contributed by atoms with E-state index in [4.69, 9.17) is 15.2 Å². The number of hydrogen-bond donors (Lipinski definition) is 4. The highest BCUT2D eigenvalue weighted by atomic mass is 16.5. The van der Waals surface area contributed by atoms with E-state index >= 15 is 0 Å². The highest BCUT2D eigenvalue weighted by molar-refractivity contribution is 5.94. The third-order valence-corrected chi connectivity index (χ3v) is 4.56.